The van der Waals surface area contributed by atoms with Crippen molar-refractivity contribution in [1.29, 1.82) is 0 Å². The van der Waals surface area contributed by atoms with Gasteiger partial charge in [-0.2, -0.15) is 0 Å². The number of aryl methyl sites for hydroxylation is 1. The largest absolute Gasteiger partial charge is 0.483 e. The molecule has 2 rings (SSSR count). The van der Waals surface area contributed by atoms with Crippen molar-refractivity contribution in [3.05, 3.63) is 64.1 Å². The molecule has 6 heteroatoms. The average Bonchev–Trinajstić information content (AvgIpc) is 2.54. The molecule has 0 heterocycles. The highest BCUT2D eigenvalue weighted by Gasteiger charge is 2.07. The Morgan fingerprint density at radius 2 is 1.92 bits per heavy atom. The number of nitrogens with one attached hydrogen (secondary N) is 1. The van der Waals surface area contributed by atoms with Gasteiger partial charge in [-0.1, -0.05) is 33.6 Å². The Morgan fingerprint density at radius 3 is 2.58 bits per heavy atom. The Bertz CT molecular complexity index is 769. The van der Waals surface area contributed by atoms with Crippen LogP contribution in [-0.4, -0.2) is 23.6 Å². The summed E-state index contributed by atoms with van der Waals surface area (Å²) in [6.45, 7) is 1.79. The monoisotopic (exact) mass is 389 g/mol. The second-order valence-corrected chi connectivity index (χ2v) is 5.97. The molecule has 0 saturated heterocycles. The molecule has 0 spiro atoms. The van der Waals surface area contributed by atoms with E-state index in [1.165, 1.54) is 6.08 Å². The lowest BCUT2D eigenvalue weighted by Crippen LogP contribution is -2.20. The van der Waals surface area contributed by atoms with Crippen molar-refractivity contribution in [3.8, 4) is 5.75 Å². The van der Waals surface area contributed by atoms with Gasteiger partial charge in [0.2, 0.25) is 0 Å². The third kappa shape index (κ3) is 5.55. The summed E-state index contributed by atoms with van der Waals surface area (Å²) in [6, 6.07) is 12.6. The Morgan fingerprint density at radius 1 is 1.21 bits per heavy atom. The summed E-state index contributed by atoms with van der Waals surface area (Å²) in [5.74, 6) is -0.928. The molecule has 124 valence electrons. The highest BCUT2D eigenvalue weighted by Crippen LogP contribution is 2.24. The first kappa shape index (κ1) is 17.7. The zero-order valence-corrected chi connectivity index (χ0v) is 14.5. The summed E-state index contributed by atoms with van der Waals surface area (Å²) in [5.41, 5.74) is 2.36. The molecule has 0 atom stereocenters. The number of carbonyl (C=O) groups excluding carboxylic acids is 1. The molecule has 0 unspecified atom stereocenters. The molecule has 5 nitrogen and oxygen atoms in total. The number of carboxylic acid groups (broad SMARTS) is 1. The molecule has 1 amide bonds. The number of benzene rings is 2. The number of amides is 1. The topological polar surface area (TPSA) is 75.6 Å². The predicted octanol–water partition coefficient (Wildman–Crippen LogP) is 3.87. The Hall–Kier alpha value is -2.60. The summed E-state index contributed by atoms with van der Waals surface area (Å²) in [4.78, 5) is 22.6. The van der Waals surface area contributed by atoms with Gasteiger partial charge < -0.3 is 15.2 Å². The van der Waals surface area contributed by atoms with Crippen LogP contribution in [0.4, 0.5) is 5.69 Å². The normalized spacial score (nSPS) is 10.6. The maximum atomic E-state index is 12.0. The number of anilines is 1. The molecule has 0 aliphatic rings. The van der Waals surface area contributed by atoms with Gasteiger partial charge in [-0.3, -0.25) is 4.79 Å². The smallest absolute Gasteiger partial charge is 0.328 e. The van der Waals surface area contributed by atoms with Crippen LogP contribution >= 0.6 is 15.9 Å². The van der Waals surface area contributed by atoms with Crippen LogP contribution < -0.4 is 10.1 Å². The van der Waals surface area contributed by atoms with E-state index in [4.69, 9.17) is 9.84 Å². The van der Waals surface area contributed by atoms with E-state index in [9.17, 15) is 9.59 Å². The van der Waals surface area contributed by atoms with E-state index < -0.39 is 5.97 Å². The van der Waals surface area contributed by atoms with E-state index >= 15 is 0 Å². The fourth-order valence-electron chi connectivity index (χ4n) is 1.92. The van der Waals surface area contributed by atoms with Crippen molar-refractivity contribution in [2.45, 2.75) is 6.92 Å². The van der Waals surface area contributed by atoms with Crippen molar-refractivity contribution in [2.24, 2.45) is 0 Å². The van der Waals surface area contributed by atoms with Crippen LogP contribution in [0, 0.1) is 6.92 Å². The number of carbonyl (C=O) groups is 2. The summed E-state index contributed by atoms with van der Waals surface area (Å²) >= 11 is 3.32. The fraction of sp³-hybridized carbons (Fsp3) is 0.111. The van der Waals surface area contributed by atoms with Crippen LogP contribution in [0.5, 0.6) is 5.75 Å². The second kappa shape index (κ2) is 8.31. The molecular weight excluding hydrogens is 374 g/mol. The van der Waals surface area contributed by atoms with Gasteiger partial charge in [-0.15, -0.1) is 0 Å². The van der Waals surface area contributed by atoms with E-state index in [1.54, 1.807) is 18.2 Å². The Kier molecular flexibility index (Phi) is 6.14. The first-order chi connectivity index (χ1) is 11.4. The molecule has 2 aromatic carbocycles. The lowest BCUT2D eigenvalue weighted by molar-refractivity contribution is -0.131. The first-order valence-corrected chi connectivity index (χ1v) is 7.93. The molecule has 0 bridgehead atoms. The zero-order chi connectivity index (χ0) is 17.5. The molecule has 0 aliphatic carbocycles. The molecule has 2 aromatic rings. The van der Waals surface area contributed by atoms with E-state index in [0.29, 0.717) is 17.0 Å². The minimum absolute atomic E-state index is 0.177. The predicted molar refractivity (Wildman–Crippen MR) is 96.1 cm³/mol. The zero-order valence-electron chi connectivity index (χ0n) is 13.0. The van der Waals surface area contributed by atoms with Gasteiger partial charge in [0, 0.05) is 21.8 Å². The first-order valence-electron chi connectivity index (χ1n) is 7.14. The maximum absolute atomic E-state index is 12.0. The fourth-order valence-corrected chi connectivity index (χ4v) is 2.30. The number of halogens is 1. The quantitative estimate of drug-likeness (QED) is 0.735. The molecular formula is C18H16BrNO4. The van der Waals surface area contributed by atoms with Crippen molar-refractivity contribution < 1.29 is 19.4 Å². The highest BCUT2D eigenvalue weighted by molar-refractivity contribution is 9.10. The van der Waals surface area contributed by atoms with Crippen molar-refractivity contribution in [2.75, 3.05) is 11.9 Å². The molecule has 0 radical (unpaired) electrons. The molecule has 0 saturated carbocycles. The summed E-state index contributed by atoms with van der Waals surface area (Å²) in [5, 5.41) is 11.5. The van der Waals surface area contributed by atoms with Crippen molar-refractivity contribution in [1.82, 2.24) is 0 Å². The van der Waals surface area contributed by atoms with E-state index in [0.717, 1.165) is 16.1 Å². The van der Waals surface area contributed by atoms with Gasteiger partial charge in [0.15, 0.2) is 6.61 Å². The van der Waals surface area contributed by atoms with Gasteiger partial charge in [0.1, 0.15) is 5.75 Å². The highest BCUT2D eigenvalue weighted by atomic mass is 79.9. The van der Waals surface area contributed by atoms with Crippen LogP contribution in [0.15, 0.2) is 53.0 Å². The molecule has 0 aromatic heterocycles. The van der Waals surface area contributed by atoms with Gasteiger partial charge in [-0.25, -0.2) is 4.79 Å². The second-order valence-electron chi connectivity index (χ2n) is 5.06. The third-order valence-electron chi connectivity index (χ3n) is 3.07. The minimum Gasteiger partial charge on any atom is -0.483 e. The Labute approximate surface area is 148 Å². The number of hydrogen-bond acceptors (Lipinski definition) is 3. The minimum atomic E-state index is -1.06. The molecule has 2 N–H and O–H groups in total. The SMILES string of the molecule is Cc1ccc(NC(=O)COc2ccc(Br)cc2/C=C/C(=O)O)cc1. The molecule has 0 aliphatic heterocycles. The Balaban J connectivity index is 2.01. The van der Waals surface area contributed by atoms with Crippen LogP contribution in [0.3, 0.4) is 0 Å². The van der Waals surface area contributed by atoms with E-state index in [2.05, 4.69) is 21.2 Å². The van der Waals surface area contributed by atoms with E-state index in [-0.39, 0.29) is 12.5 Å². The maximum Gasteiger partial charge on any atom is 0.328 e. The lowest BCUT2D eigenvalue weighted by atomic mass is 10.2. The van der Waals surface area contributed by atoms with Crippen molar-refractivity contribution in [3.63, 3.8) is 0 Å². The number of ether oxygens (including phenoxy) is 1. The number of hydrogen-bond donors (Lipinski definition) is 2. The third-order valence-corrected chi connectivity index (χ3v) is 3.56. The van der Waals surface area contributed by atoms with Crippen LogP contribution in [0.25, 0.3) is 6.08 Å². The van der Waals surface area contributed by atoms with Gasteiger partial charge in [-0.05, 0) is 43.3 Å². The summed E-state index contributed by atoms with van der Waals surface area (Å²) in [7, 11) is 0. The average molecular weight is 390 g/mol. The number of carboxylic acids is 1. The van der Waals surface area contributed by atoms with Crippen LogP contribution in [0.2, 0.25) is 0 Å². The number of aliphatic carboxylic acids is 1. The summed E-state index contributed by atoms with van der Waals surface area (Å²) in [6.07, 6.45) is 2.43. The molecule has 24 heavy (non-hydrogen) atoms. The molecule has 0 fully saturated rings. The lowest BCUT2D eigenvalue weighted by Gasteiger charge is -2.10. The summed E-state index contributed by atoms with van der Waals surface area (Å²) < 4.78 is 6.29. The van der Waals surface area contributed by atoms with E-state index in [1.807, 2.05) is 31.2 Å². The van der Waals surface area contributed by atoms with Gasteiger partial charge in [0.25, 0.3) is 5.91 Å². The van der Waals surface area contributed by atoms with Gasteiger partial charge in [0.05, 0.1) is 0 Å². The van der Waals surface area contributed by atoms with Crippen LogP contribution in [0.1, 0.15) is 11.1 Å². The van der Waals surface area contributed by atoms with Crippen molar-refractivity contribution >= 4 is 39.6 Å². The standard InChI is InChI=1S/C18H16BrNO4/c1-12-2-6-15(7-3-12)20-17(21)11-24-16-8-5-14(19)10-13(16)4-9-18(22)23/h2-10H,11H2,1H3,(H,20,21)(H,22,23)/b9-4+. The number of rotatable bonds is 6. The van der Waals surface area contributed by atoms with Crippen LogP contribution in [-0.2, 0) is 9.59 Å². The van der Waals surface area contributed by atoms with Gasteiger partial charge >= 0.3 is 5.97 Å².